The van der Waals surface area contributed by atoms with E-state index in [1.807, 2.05) is 0 Å². The zero-order valence-electron chi connectivity index (χ0n) is 12.0. The Hall–Kier alpha value is -1.22. The summed E-state index contributed by atoms with van der Waals surface area (Å²) in [6.07, 6.45) is 4.93. The average Bonchev–Trinajstić information content (AvgIpc) is 3.30. The van der Waals surface area contributed by atoms with Gasteiger partial charge in [-0.2, -0.15) is 0 Å². The second-order valence-corrected chi connectivity index (χ2v) is 6.13. The third-order valence-corrected chi connectivity index (χ3v) is 5.37. The molecule has 5 nitrogen and oxygen atoms in total. The van der Waals surface area contributed by atoms with Gasteiger partial charge < -0.3 is 0 Å². The molecule has 0 amide bonds. The van der Waals surface area contributed by atoms with Gasteiger partial charge in [0.05, 0.1) is 0 Å². The third kappa shape index (κ3) is 9.50. The molecule has 0 aromatic heterocycles. The van der Waals surface area contributed by atoms with Crippen LogP contribution in [0.3, 0.4) is 0 Å². The van der Waals surface area contributed by atoms with Crippen molar-refractivity contribution in [3.05, 3.63) is 68.0 Å². The van der Waals surface area contributed by atoms with Gasteiger partial charge >= 0.3 is 56.5 Å². The summed E-state index contributed by atoms with van der Waals surface area (Å²) >= 11 is 0. The summed E-state index contributed by atoms with van der Waals surface area (Å²) in [6.45, 7) is 24.9. The Bertz CT molecular complexity index is 569. The van der Waals surface area contributed by atoms with E-state index in [-0.39, 0.29) is 21.1 Å². The van der Waals surface area contributed by atoms with Crippen LogP contribution < -0.4 is 10.4 Å². The van der Waals surface area contributed by atoms with E-state index in [0.717, 1.165) is 11.3 Å². The Morgan fingerprint density at radius 2 is 0.957 bits per heavy atom. The van der Waals surface area contributed by atoms with E-state index in [1.165, 1.54) is 10.4 Å². The number of fused-ring (bicyclic) bond motifs is 2. The molecule has 1 aliphatic carbocycles. The van der Waals surface area contributed by atoms with Crippen LogP contribution in [0.5, 0.6) is 0 Å². The topological polar surface area (TPSA) is 99.5 Å². The van der Waals surface area contributed by atoms with Gasteiger partial charge in [-0.3, -0.25) is 0 Å². The summed E-state index contributed by atoms with van der Waals surface area (Å²) in [5.74, 6) is 0. The number of rotatable bonds is 0. The maximum absolute atomic E-state index is 7.50. The Balaban J connectivity index is -0.000000144. The van der Waals surface area contributed by atoms with E-state index < -0.39 is 0 Å². The zero-order valence-corrected chi connectivity index (χ0v) is 14.9. The Morgan fingerprint density at radius 1 is 0.696 bits per heavy atom. The van der Waals surface area contributed by atoms with E-state index >= 15 is 0 Å². The molecule has 3 rings (SSSR count). The van der Waals surface area contributed by atoms with Crippen LogP contribution in [0.15, 0.2) is 24.3 Å². The molecule has 1 saturated heterocycles. The molecule has 2 atom stereocenters. The summed E-state index contributed by atoms with van der Waals surface area (Å²) in [5.41, 5.74) is 1.82. The maximum atomic E-state index is 7.50. The van der Waals surface area contributed by atoms with Crippen molar-refractivity contribution in [3.8, 4) is 0 Å². The molecular formula is C16H11MoO5P. The van der Waals surface area contributed by atoms with Crippen LogP contribution in [-0.4, -0.2) is 18.0 Å². The van der Waals surface area contributed by atoms with Crippen molar-refractivity contribution in [2.24, 2.45) is 0 Å². The minimum absolute atomic E-state index is 0. The minimum Gasteiger partial charge on any atom is 0 e. The van der Waals surface area contributed by atoms with E-state index in [2.05, 4.69) is 76.3 Å². The van der Waals surface area contributed by atoms with Crippen molar-refractivity contribution in [1.29, 1.82) is 0 Å². The summed E-state index contributed by atoms with van der Waals surface area (Å²) in [6, 6.07) is 8.71. The van der Waals surface area contributed by atoms with Crippen molar-refractivity contribution in [2.75, 3.05) is 6.66 Å². The molecule has 1 aromatic carbocycles. The van der Waals surface area contributed by atoms with Crippen molar-refractivity contribution >= 4 is 20.1 Å². The Kier molecular flexibility index (Phi) is 26.9. The Morgan fingerprint density at radius 3 is 1.22 bits per heavy atom. The van der Waals surface area contributed by atoms with E-state index in [9.17, 15) is 0 Å². The Labute approximate surface area is 150 Å². The first-order chi connectivity index (χ1) is 10.9. The van der Waals surface area contributed by atoms with Gasteiger partial charge in [-0.15, -0.1) is 0 Å². The second-order valence-electron chi connectivity index (χ2n) is 3.61. The molecule has 0 bridgehead atoms. The zero-order chi connectivity index (χ0) is 18.1. The normalized spacial score (nSPS) is 19.0. The maximum Gasteiger partial charge on any atom is 0 e. The van der Waals surface area contributed by atoms with Crippen LogP contribution in [0.25, 0.3) is 12.2 Å². The van der Waals surface area contributed by atoms with Gasteiger partial charge in [-0.25, -0.2) is 0 Å². The first kappa shape index (κ1) is 29.7. The van der Waals surface area contributed by atoms with Crippen LogP contribution in [-0.2, 0) is 44.3 Å². The van der Waals surface area contributed by atoms with Gasteiger partial charge in [0.1, 0.15) is 0 Å². The molecule has 0 radical (unpaired) electrons. The smallest absolute Gasteiger partial charge is 0 e. The molecule has 0 spiro atoms. The third-order valence-electron chi connectivity index (χ3n) is 2.90. The fraction of sp³-hybridized carbons (Fsp3) is 0.188. The van der Waals surface area contributed by atoms with E-state index in [4.69, 9.17) is 23.3 Å². The quantitative estimate of drug-likeness (QED) is 0.263. The molecule has 2 aliphatic rings. The predicted octanol–water partition coefficient (Wildman–Crippen LogP) is 0.934. The van der Waals surface area contributed by atoms with Gasteiger partial charge in [0.2, 0.25) is 0 Å². The fourth-order valence-corrected chi connectivity index (χ4v) is 4.14. The molecule has 116 valence electrons. The van der Waals surface area contributed by atoms with Crippen molar-refractivity contribution in [1.82, 2.24) is 0 Å². The standard InChI is InChI=1S/C11H11P.5CO.Mo/c1-12-10-6-8-4-2-3-5-9(8)7-11(10)12;5*1-2;/h2-7,10-11H,1H3;;;;;;. The van der Waals surface area contributed by atoms with Gasteiger partial charge in [0.25, 0.3) is 0 Å². The first-order valence-electron chi connectivity index (χ1n) is 5.39. The van der Waals surface area contributed by atoms with Crippen LogP contribution >= 0.6 is 7.92 Å². The van der Waals surface area contributed by atoms with Gasteiger partial charge in [0, 0.05) is 32.4 Å². The molecule has 2 unspecified atom stereocenters. The molecule has 0 N–H and O–H groups in total. The van der Waals surface area contributed by atoms with Crippen molar-refractivity contribution in [2.45, 2.75) is 11.3 Å². The first-order valence-corrected chi connectivity index (χ1v) is 7.32. The van der Waals surface area contributed by atoms with Crippen LogP contribution in [0.2, 0.25) is 0 Å². The summed E-state index contributed by atoms with van der Waals surface area (Å²) < 4.78 is 37.5. The van der Waals surface area contributed by atoms with Crippen molar-refractivity contribution in [3.63, 3.8) is 0 Å². The van der Waals surface area contributed by atoms with Crippen LogP contribution in [0.4, 0.5) is 0 Å². The summed E-state index contributed by atoms with van der Waals surface area (Å²) in [4.78, 5) is 0. The van der Waals surface area contributed by atoms with Crippen molar-refractivity contribution < 1.29 is 44.3 Å². The minimum atomic E-state index is 0. The molecule has 23 heavy (non-hydrogen) atoms. The SMILES string of the molecule is CP1C2C=c3ccccc3=CC21.[C-]#[O+].[C-]#[O+].[C-]#[O+].[C-]#[O+].[C-]#[O+].[Mo]. The molecule has 1 aromatic rings. The van der Waals surface area contributed by atoms with Gasteiger partial charge in [-0.05, 0) is 17.1 Å². The number of hydrogen-bond donors (Lipinski definition) is 0. The molecule has 1 aliphatic heterocycles. The molecular weight excluding hydrogens is 399 g/mol. The number of benzene rings is 1. The largest absolute Gasteiger partial charge is 0 e. The summed E-state index contributed by atoms with van der Waals surface area (Å²) in [5, 5.41) is 2.90. The fourth-order valence-electron chi connectivity index (χ4n) is 2.00. The van der Waals surface area contributed by atoms with E-state index in [1.54, 1.807) is 0 Å². The predicted molar refractivity (Wildman–Crippen MR) is 74.7 cm³/mol. The molecule has 0 saturated carbocycles. The summed E-state index contributed by atoms with van der Waals surface area (Å²) in [7, 11) is 0.308. The molecule has 1 fully saturated rings. The second kappa shape index (κ2) is 20.8. The number of hydrogen-bond acceptors (Lipinski definition) is 0. The molecule has 1 heterocycles. The van der Waals surface area contributed by atoms with E-state index in [0.29, 0.717) is 7.92 Å². The van der Waals surface area contributed by atoms with Crippen LogP contribution in [0.1, 0.15) is 0 Å². The van der Waals surface area contributed by atoms with Gasteiger partial charge in [-0.1, -0.05) is 44.3 Å². The van der Waals surface area contributed by atoms with Crippen LogP contribution in [0, 0.1) is 33.3 Å². The monoisotopic (exact) mass is 412 g/mol. The average molecular weight is 410 g/mol. The van der Waals surface area contributed by atoms with Gasteiger partial charge in [0.15, 0.2) is 0 Å². The molecule has 7 heteroatoms.